The Morgan fingerprint density at radius 1 is 1.35 bits per heavy atom. The molecule has 0 bridgehead atoms. The van der Waals surface area contributed by atoms with E-state index in [4.69, 9.17) is 5.11 Å². The summed E-state index contributed by atoms with van der Waals surface area (Å²) in [5, 5.41) is 14.3. The predicted molar refractivity (Wildman–Crippen MR) is 79.3 cm³/mol. The molecule has 3 N–H and O–H groups in total. The zero-order chi connectivity index (χ0) is 14.8. The van der Waals surface area contributed by atoms with Gasteiger partial charge in [-0.1, -0.05) is 6.07 Å². The molecule has 2 amide bonds. The Kier molecular flexibility index (Phi) is 4.45. The van der Waals surface area contributed by atoms with Crippen LogP contribution in [0.15, 0.2) is 22.7 Å². The second-order valence-corrected chi connectivity index (χ2v) is 6.13. The van der Waals surface area contributed by atoms with Crippen LogP contribution in [0.3, 0.4) is 0 Å². The van der Waals surface area contributed by atoms with Crippen LogP contribution < -0.4 is 10.6 Å². The van der Waals surface area contributed by atoms with E-state index in [-0.39, 0.29) is 12.0 Å². The molecular formula is C14H17BrN2O3. The van der Waals surface area contributed by atoms with Gasteiger partial charge in [-0.15, -0.1) is 0 Å². The Balaban J connectivity index is 1.90. The molecule has 0 atom stereocenters. The maximum absolute atomic E-state index is 11.8. The lowest BCUT2D eigenvalue weighted by atomic mass is 10.1. The molecule has 0 spiro atoms. The van der Waals surface area contributed by atoms with Gasteiger partial charge in [-0.05, 0) is 53.4 Å². The molecule has 0 aliphatic heterocycles. The molecule has 1 aromatic rings. The van der Waals surface area contributed by atoms with Gasteiger partial charge in [0.1, 0.15) is 0 Å². The maximum Gasteiger partial charge on any atom is 0.313 e. The number of hydrogen-bond acceptors (Lipinski definition) is 3. The van der Waals surface area contributed by atoms with Crippen molar-refractivity contribution in [2.75, 3.05) is 18.5 Å². The van der Waals surface area contributed by atoms with Crippen molar-refractivity contribution in [2.24, 2.45) is 5.41 Å². The van der Waals surface area contributed by atoms with Crippen LogP contribution in [0.25, 0.3) is 0 Å². The van der Waals surface area contributed by atoms with E-state index in [2.05, 4.69) is 26.6 Å². The highest BCUT2D eigenvalue weighted by molar-refractivity contribution is 9.10. The number of nitrogens with one attached hydrogen (secondary N) is 2. The van der Waals surface area contributed by atoms with Crippen LogP contribution in [0.1, 0.15) is 18.4 Å². The van der Waals surface area contributed by atoms with Crippen LogP contribution in [0, 0.1) is 12.3 Å². The average molecular weight is 341 g/mol. The van der Waals surface area contributed by atoms with Crippen LogP contribution in [0.5, 0.6) is 0 Å². The van der Waals surface area contributed by atoms with Crippen molar-refractivity contribution in [3.63, 3.8) is 0 Å². The fraction of sp³-hybridized carbons (Fsp3) is 0.429. The molecule has 6 heteroatoms. The van der Waals surface area contributed by atoms with Gasteiger partial charge in [0.2, 0.25) is 0 Å². The first-order chi connectivity index (χ1) is 9.46. The maximum atomic E-state index is 11.8. The molecular weight excluding hydrogens is 324 g/mol. The van der Waals surface area contributed by atoms with Gasteiger partial charge in [0.05, 0.1) is 12.3 Å². The van der Waals surface area contributed by atoms with Crippen LogP contribution >= 0.6 is 15.9 Å². The number of aliphatic hydroxyl groups is 1. The normalized spacial score (nSPS) is 15.6. The van der Waals surface area contributed by atoms with E-state index in [9.17, 15) is 9.59 Å². The fourth-order valence-electron chi connectivity index (χ4n) is 1.83. The van der Waals surface area contributed by atoms with Crippen molar-refractivity contribution in [2.45, 2.75) is 19.8 Å². The van der Waals surface area contributed by atoms with E-state index in [1.807, 2.05) is 19.1 Å². The van der Waals surface area contributed by atoms with Crippen molar-refractivity contribution in [1.82, 2.24) is 5.32 Å². The standard InChI is InChI=1S/C14H17BrN2O3/c1-9-2-3-10(15)11(6-9)17-13(20)12(19)16-7-14(8-18)4-5-14/h2-3,6,18H,4-5,7-8H2,1H3,(H,16,19)(H,17,20). The highest BCUT2D eigenvalue weighted by atomic mass is 79.9. The summed E-state index contributed by atoms with van der Waals surface area (Å²) in [5.74, 6) is -1.39. The average Bonchev–Trinajstić information content (AvgIpc) is 3.21. The van der Waals surface area contributed by atoms with Gasteiger partial charge < -0.3 is 15.7 Å². The number of carbonyl (C=O) groups is 2. The summed E-state index contributed by atoms with van der Waals surface area (Å²) in [4.78, 5) is 23.5. The van der Waals surface area contributed by atoms with Gasteiger partial charge in [0.25, 0.3) is 0 Å². The van der Waals surface area contributed by atoms with E-state index in [0.29, 0.717) is 12.2 Å². The molecule has 0 unspecified atom stereocenters. The smallest absolute Gasteiger partial charge is 0.313 e. The number of amides is 2. The van der Waals surface area contributed by atoms with Crippen molar-refractivity contribution in [3.8, 4) is 0 Å². The number of benzene rings is 1. The molecule has 1 fully saturated rings. The number of aryl methyl sites for hydroxylation is 1. The zero-order valence-corrected chi connectivity index (χ0v) is 12.8. The minimum atomic E-state index is -0.704. The Hall–Kier alpha value is -1.40. The van der Waals surface area contributed by atoms with Gasteiger partial charge in [-0.25, -0.2) is 0 Å². The minimum absolute atomic E-state index is 0.0400. The molecule has 1 aromatic carbocycles. The first kappa shape index (κ1) is 15.0. The first-order valence-electron chi connectivity index (χ1n) is 6.42. The van der Waals surface area contributed by atoms with Gasteiger partial charge >= 0.3 is 11.8 Å². The van der Waals surface area contributed by atoms with Crippen molar-refractivity contribution < 1.29 is 14.7 Å². The van der Waals surface area contributed by atoms with Crippen LogP contribution in [-0.4, -0.2) is 30.1 Å². The largest absolute Gasteiger partial charge is 0.396 e. The second-order valence-electron chi connectivity index (χ2n) is 5.28. The molecule has 0 saturated heterocycles. The monoisotopic (exact) mass is 340 g/mol. The Labute approximate surface area is 125 Å². The Bertz CT molecular complexity index is 541. The molecule has 0 heterocycles. The lowest BCUT2D eigenvalue weighted by Crippen LogP contribution is -2.39. The number of aliphatic hydroxyl groups excluding tert-OH is 1. The van der Waals surface area contributed by atoms with Crippen molar-refractivity contribution >= 4 is 33.4 Å². The number of rotatable bonds is 4. The van der Waals surface area contributed by atoms with Gasteiger partial charge in [-0.3, -0.25) is 9.59 Å². The van der Waals surface area contributed by atoms with Crippen molar-refractivity contribution in [3.05, 3.63) is 28.2 Å². The van der Waals surface area contributed by atoms with E-state index < -0.39 is 11.8 Å². The summed E-state index contributed by atoms with van der Waals surface area (Å²) < 4.78 is 0.721. The molecule has 108 valence electrons. The van der Waals surface area contributed by atoms with E-state index in [0.717, 1.165) is 22.9 Å². The van der Waals surface area contributed by atoms with Crippen LogP contribution in [0.4, 0.5) is 5.69 Å². The predicted octanol–water partition coefficient (Wildman–Crippen LogP) is 1.58. The Morgan fingerprint density at radius 3 is 2.65 bits per heavy atom. The summed E-state index contributed by atoms with van der Waals surface area (Å²) in [6.07, 6.45) is 1.77. The topological polar surface area (TPSA) is 78.4 Å². The third-order valence-electron chi connectivity index (χ3n) is 3.49. The lowest BCUT2D eigenvalue weighted by Gasteiger charge is -2.13. The minimum Gasteiger partial charge on any atom is -0.396 e. The fourth-order valence-corrected chi connectivity index (χ4v) is 2.18. The molecule has 20 heavy (non-hydrogen) atoms. The highest BCUT2D eigenvalue weighted by Crippen LogP contribution is 2.44. The Morgan fingerprint density at radius 2 is 2.05 bits per heavy atom. The molecule has 1 aliphatic rings. The lowest BCUT2D eigenvalue weighted by molar-refractivity contribution is -0.136. The number of halogens is 1. The molecule has 5 nitrogen and oxygen atoms in total. The summed E-state index contributed by atoms with van der Waals surface area (Å²) >= 11 is 3.32. The quantitative estimate of drug-likeness (QED) is 0.728. The number of carbonyl (C=O) groups excluding carboxylic acids is 2. The van der Waals surface area contributed by atoms with Crippen LogP contribution in [0.2, 0.25) is 0 Å². The number of anilines is 1. The van der Waals surface area contributed by atoms with Crippen LogP contribution in [-0.2, 0) is 9.59 Å². The van der Waals surface area contributed by atoms with E-state index in [1.54, 1.807) is 6.07 Å². The first-order valence-corrected chi connectivity index (χ1v) is 7.21. The summed E-state index contributed by atoms with van der Waals surface area (Å²) in [6, 6.07) is 5.50. The van der Waals surface area contributed by atoms with Gasteiger partial charge in [-0.2, -0.15) is 0 Å². The van der Waals surface area contributed by atoms with Gasteiger partial charge in [0, 0.05) is 16.4 Å². The molecule has 0 radical (unpaired) electrons. The second kappa shape index (κ2) is 5.93. The number of hydrogen-bond donors (Lipinski definition) is 3. The highest BCUT2D eigenvalue weighted by Gasteiger charge is 2.42. The summed E-state index contributed by atoms with van der Waals surface area (Å²) in [5.41, 5.74) is 1.34. The third kappa shape index (κ3) is 3.58. The summed E-state index contributed by atoms with van der Waals surface area (Å²) in [6.45, 7) is 2.28. The SMILES string of the molecule is Cc1ccc(Br)c(NC(=O)C(=O)NCC2(CO)CC2)c1. The molecule has 0 aromatic heterocycles. The molecule has 2 rings (SSSR count). The van der Waals surface area contributed by atoms with E-state index in [1.165, 1.54) is 0 Å². The van der Waals surface area contributed by atoms with Crippen molar-refractivity contribution in [1.29, 1.82) is 0 Å². The molecule has 1 aliphatic carbocycles. The zero-order valence-electron chi connectivity index (χ0n) is 11.2. The third-order valence-corrected chi connectivity index (χ3v) is 4.18. The van der Waals surface area contributed by atoms with Gasteiger partial charge in [0.15, 0.2) is 0 Å². The molecule has 1 saturated carbocycles. The van der Waals surface area contributed by atoms with E-state index >= 15 is 0 Å². The summed E-state index contributed by atoms with van der Waals surface area (Å²) in [7, 11) is 0.